The predicted octanol–water partition coefficient (Wildman–Crippen LogP) is 3.20. The van der Waals surface area contributed by atoms with Gasteiger partial charge in [-0.2, -0.15) is 12.6 Å². The normalized spacial score (nSPS) is 26.3. The molecular formula is C16H25NOS. The van der Waals surface area contributed by atoms with E-state index in [1.807, 2.05) is 7.11 Å². The maximum Gasteiger partial charge on any atom is 0.0777 e. The molecule has 0 radical (unpaired) electrons. The fourth-order valence-corrected chi connectivity index (χ4v) is 3.26. The molecule has 1 aliphatic rings. The van der Waals surface area contributed by atoms with Gasteiger partial charge in [-0.25, -0.2) is 0 Å². The number of hydrogen-bond donors (Lipinski definition) is 1. The average molecular weight is 279 g/mol. The first kappa shape index (κ1) is 14.9. The molecule has 1 aromatic carbocycles. The first-order valence-electron chi connectivity index (χ1n) is 7.10. The monoisotopic (exact) mass is 279 g/mol. The summed E-state index contributed by atoms with van der Waals surface area (Å²) in [6, 6.07) is 10.7. The van der Waals surface area contributed by atoms with Gasteiger partial charge in [0, 0.05) is 26.1 Å². The third-order valence-electron chi connectivity index (χ3n) is 4.20. The van der Waals surface area contributed by atoms with E-state index in [1.165, 1.54) is 18.5 Å². The van der Waals surface area contributed by atoms with Gasteiger partial charge in [-0.05, 0) is 37.6 Å². The number of nitrogens with zero attached hydrogens (tertiary/aromatic N) is 1. The molecule has 0 bridgehead atoms. The Morgan fingerprint density at radius 1 is 1.37 bits per heavy atom. The third-order valence-corrected chi connectivity index (χ3v) is 4.64. The lowest BCUT2D eigenvalue weighted by atomic mass is 9.93. The van der Waals surface area contributed by atoms with Crippen molar-refractivity contribution < 1.29 is 4.74 Å². The lowest BCUT2D eigenvalue weighted by molar-refractivity contribution is -0.0514. The van der Waals surface area contributed by atoms with Crippen LogP contribution in [0.25, 0.3) is 0 Å². The van der Waals surface area contributed by atoms with Gasteiger partial charge in [0.1, 0.15) is 0 Å². The van der Waals surface area contributed by atoms with Gasteiger partial charge < -0.3 is 4.74 Å². The summed E-state index contributed by atoms with van der Waals surface area (Å²) in [5.41, 5.74) is 1.41. The second-order valence-electron chi connectivity index (χ2n) is 5.78. The molecule has 0 spiro atoms. The van der Waals surface area contributed by atoms with Crippen LogP contribution in [0.5, 0.6) is 0 Å². The van der Waals surface area contributed by atoms with E-state index < -0.39 is 0 Å². The summed E-state index contributed by atoms with van der Waals surface area (Å²) >= 11 is 4.53. The Labute approximate surface area is 122 Å². The minimum atomic E-state index is 0.0239. The Morgan fingerprint density at radius 3 is 2.74 bits per heavy atom. The Kier molecular flexibility index (Phi) is 5.31. The van der Waals surface area contributed by atoms with Crippen LogP contribution >= 0.6 is 12.6 Å². The summed E-state index contributed by atoms with van der Waals surface area (Å²) in [4.78, 5) is 2.53. The molecule has 1 fully saturated rings. The molecule has 1 aliphatic heterocycles. The molecule has 2 unspecified atom stereocenters. The van der Waals surface area contributed by atoms with E-state index in [9.17, 15) is 0 Å². The quantitative estimate of drug-likeness (QED) is 0.831. The smallest absolute Gasteiger partial charge is 0.0777 e. The van der Waals surface area contributed by atoms with E-state index in [2.05, 4.69) is 54.8 Å². The van der Waals surface area contributed by atoms with E-state index in [0.29, 0.717) is 5.92 Å². The largest absolute Gasteiger partial charge is 0.377 e. The van der Waals surface area contributed by atoms with Crippen LogP contribution in [0.2, 0.25) is 0 Å². The van der Waals surface area contributed by atoms with E-state index in [-0.39, 0.29) is 5.60 Å². The summed E-state index contributed by atoms with van der Waals surface area (Å²) in [6.07, 6.45) is 2.38. The first-order valence-corrected chi connectivity index (χ1v) is 7.73. The predicted molar refractivity (Wildman–Crippen MR) is 84.1 cm³/mol. The van der Waals surface area contributed by atoms with Crippen LogP contribution in [0.4, 0.5) is 0 Å². The standard InChI is InChI=1S/C16H25NOS/c1-16(18-2)9-6-10-17(13-16)11-15(12-19)14-7-4-3-5-8-14/h3-5,7-8,15,19H,6,9-13H2,1-2H3. The van der Waals surface area contributed by atoms with Crippen LogP contribution in [0.1, 0.15) is 31.2 Å². The second-order valence-corrected chi connectivity index (χ2v) is 6.15. The Morgan fingerprint density at radius 2 is 2.11 bits per heavy atom. The Balaban J connectivity index is 1.99. The molecule has 0 N–H and O–H groups in total. The van der Waals surface area contributed by atoms with Gasteiger partial charge in [0.15, 0.2) is 0 Å². The molecule has 2 atom stereocenters. The molecule has 1 aromatic rings. The summed E-state index contributed by atoms with van der Waals surface area (Å²) in [5, 5.41) is 0. The van der Waals surface area contributed by atoms with Crippen molar-refractivity contribution in [2.75, 3.05) is 32.5 Å². The molecule has 106 valence electrons. The highest BCUT2D eigenvalue weighted by Crippen LogP contribution is 2.26. The molecule has 0 amide bonds. The van der Waals surface area contributed by atoms with Crippen molar-refractivity contribution in [1.29, 1.82) is 0 Å². The molecule has 19 heavy (non-hydrogen) atoms. The minimum absolute atomic E-state index is 0.0239. The Bertz CT molecular complexity index is 384. The maximum atomic E-state index is 5.67. The van der Waals surface area contributed by atoms with Gasteiger partial charge >= 0.3 is 0 Å². The van der Waals surface area contributed by atoms with E-state index in [0.717, 1.165) is 25.3 Å². The molecule has 0 aromatic heterocycles. The first-order chi connectivity index (χ1) is 9.17. The number of piperidine rings is 1. The van der Waals surface area contributed by atoms with Crippen molar-refractivity contribution >= 4 is 12.6 Å². The van der Waals surface area contributed by atoms with Crippen molar-refractivity contribution in [2.45, 2.75) is 31.3 Å². The van der Waals surface area contributed by atoms with Crippen molar-refractivity contribution in [1.82, 2.24) is 4.90 Å². The SMILES string of the molecule is COC1(C)CCCN(CC(CS)c2ccccc2)C1. The minimum Gasteiger partial charge on any atom is -0.377 e. The molecule has 2 nitrogen and oxygen atoms in total. The number of hydrogen-bond acceptors (Lipinski definition) is 3. The molecule has 3 heteroatoms. The highest BCUT2D eigenvalue weighted by molar-refractivity contribution is 7.80. The van der Waals surface area contributed by atoms with Crippen LogP contribution < -0.4 is 0 Å². The van der Waals surface area contributed by atoms with Gasteiger partial charge in [-0.3, -0.25) is 4.90 Å². The average Bonchev–Trinajstić information content (AvgIpc) is 2.46. The van der Waals surface area contributed by atoms with E-state index >= 15 is 0 Å². The number of rotatable bonds is 5. The van der Waals surface area contributed by atoms with Gasteiger partial charge in [0.2, 0.25) is 0 Å². The van der Waals surface area contributed by atoms with Gasteiger partial charge in [-0.1, -0.05) is 30.3 Å². The molecule has 1 saturated heterocycles. The summed E-state index contributed by atoms with van der Waals surface area (Å²) in [7, 11) is 1.83. The van der Waals surface area contributed by atoms with Gasteiger partial charge in [-0.15, -0.1) is 0 Å². The van der Waals surface area contributed by atoms with Crippen molar-refractivity contribution in [3.05, 3.63) is 35.9 Å². The molecule has 0 aliphatic carbocycles. The molecular weight excluding hydrogens is 254 g/mol. The van der Waals surface area contributed by atoms with E-state index in [1.54, 1.807) is 0 Å². The third kappa shape index (κ3) is 3.98. The molecule has 0 saturated carbocycles. The van der Waals surface area contributed by atoms with Gasteiger partial charge in [0.05, 0.1) is 5.60 Å². The lowest BCUT2D eigenvalue weighted by Gasteiger charge is -2.40. The lowest BCUT2D eigenvalue weighted by Crippen LogP contribution is -2.48. The molecule has 2 rings (SSSR count). The van der Waals surface area contributed by atoms with E-state index in [4.69, 9.17) is 4.74 Å². The number of methoxy groups -OCH3 is 1. The highest BCUT2D eigenvalue weighted by atomic mass is 32.1. The number of benzene rings is 1. The summed E-state index contributed by atoms with van der Waals surface area (Å²) in [5.74, 6) is 1.40. The van der Waals surface area contributed by atoms with Crippen LogP contribution in [0, 0.1) is 0 Å². The van der Waals surface area contributed by atoms with Crippen LogP contribution in [0.3, 0.4) is 0 Å². The fourth-order valence-electron chi connectivity index (χ4n) is 2.94. The zero-order valence-electron chi connectivity index (χ0n) is 12.0. The fraction of sp³-hybridized carbons (Fsp3) is 0.625. The van der Waals surface area contributed by atoms with Crippen molar-refractivity contribution in [3.8, 4) is 0 Å². The summed E-state index contributed by atoms with van der Waals surface area (Å²) in [6.45, 7) is 5.50. The Hall–Kier alpha value is -0.510. The molecule has 1 heterocycles. The van der Waals surface area contributed by atoms with Crippen molar-refractivity contribution in [3.63, 3.8) is 0 Å². The van der Waals surface area contributed by atoms with Crippen LogP contribution in [0.15, 0.2) is 30.3 Å². The number of thiol groups is 1. The highest BCUT2D eigenvalue weighted by Gasteiger charge is 2.31. The van der Waals surface area contributed by atoms with Crippen LogP contribution in [-0.4, -0.2) is 43.0 Å². The van der Waals surface area contributed by atoms with Crippen LogP contribution in [-0.2, 0) is 4.74 Å². The topological polar surface area (TPSA) is 12.5 Å². The van der Waals surface area contributed by atoms with Crippen molar-refractivity contribution in [2.24, 2.45) is 0 Å². The number of likely N-dealkylation sites (tertiary alicyclic amines) is 1. The number of ether oxygens (including phenoxy) is 1. The zero-order chi connectivity index (χ0) is 13.7. The maximum absolute atomic E-state index is 5.67. The zero-order valence-corrected chi connectivity index (χ0v) is 12.9. The second kappa shape index (κ2) is 6.78. The summed E-state index contributed by atoms with van der Waals surface area (Å²) < 4.78 is 5.67. The van der Waals surface area contributed by atoms with Gasteiger partial charge in [0.25, 0.3) is 0 Å².